The van der Waals surface area contributed by atoms with Crippen LogP contribution in [0.25, 0.3) is 0 Å². The van der Waals surface area contributed by atoms with Gasteiger partial charge in [-0.1, -0.05) is 24.3 Å². The van der Waals surface area contributed by atoms with Gasteiger partial charge in [-0.15, -0.1) is 0 Å². The molecule has 1 aliphatic heterocycles. The Hall–Kier alpha value is -0.860. The number of aryl methyl sites for hydroxylation is 1. The molecule has 3 aliphatic rings. The van der Waals surface area contributed by atoms with Crippen molar-refractivity contribution in [1.82, 2.24) is 4.90 Å². The van der Waals surface area contributed by atoms with Crippen molar-refractivity contribution in [3.63, 3.8) is 0 Å². The molecule has 2 heteroatoms. The van der Waals surface area contributed by atoms with Gasteiger partial charge in [-0.05, 0) is 62.0 Å². The largest absolute Gasteiger partial charge is 0.388 e. The fraction of sp³-hybridized carbons (Fsp3) is 0.667. The molecule has 2 aliphatic carbocycles. The lowest BCUT2D eigenvalue weighted by Gasteiger charge is -2.32. The van der Waals surface area contributed by atoms with E-state index in [0.29, 0.717) is 5.92 Å². The number of likely N-dealkylation sites (tertiary alicyclic amines) is 1. The Labute approximate surface area is 121 Å². The highest BCUT2D eigenvalue weighted by molar-refractivity contribution is 5.33. The van der Waals surface area contributed by atoms with Gasteiger partial charge < -0.3 is 5.11 Å². The van der Waals surface area contributed by atoms with Gasteiger partial charge in [-0.3, -0.25) is 4.90 Å². The second kappa shape index (κ2) is 4.85. The number of fused-ring (bicyclic) bond motifs is 1. The fourth-order valence-electron chi connectivity index (χ4n) is 4.33. The van der Waals surface area contributed by atoms with Gasteiger partial charge in [0.2, 0.25) is 0 Å². The lowest BCUT2D eigenvalue weighted by atomic mass is 9.76. The van der Waals surface area contributed by atoms with Crippen molar-refractivity contribution < 1.29 is 5.11 Å². The van der Waals surface area contributed by atoms with Gasteiger partial charge in [0, 0.05) is 19.1 Å². The van der Waals surface area contributed by atoms with Crippen LogP contribution in [0.3, 0.4) is 0 Å². The average Bonchev–Trinajstić information content (AvgIpc) is 3.23. The zero-order valence-corrected chi connectivity index (χ0v) is 12.2. The highest BCUT2D eigenvalue weighted by Gasteiger charge is 2.43. The van der Waals surface area contributed by atoms with Crippen LogP contribution in [0.15, 0.2) is 24.3 Å². The van der Waals surface area contributed by atoms with Gasteiger partial charge in [-0.25, -0.2) is 0 Å². The van der Waals surface area contributed by atoms with Crippen molar-refractivity contribution in [2.24, 2.45) is 0 Å². The molecule has 1 saturated carbocycles. The number of nitrogens with zero attached hydrogens (tertiary/aromatic N) is 1. The number of benzene rings is 1. The predicted molar refractivity (Wildman–Crippen MR) is 80.9 cm³/mol. The fourth-order valence-corrected chi connectivity index (χ4v) is 4.33. The van der Waals surface area contributed by atoms with Gasteiger partial charge in [0.25, 0.3) is 0 Å². The molecule has 2 atom stereocenters. The highest BCUT2D eigenvalue weighted by atomic mass is 16.3. The average molecular weight is 271 g/mol. The zero-order chi connectivity index (χ0) is 13.6. The number of hydrogen-bond acceptors (Lipinski definition) is 2. The molecule has 1 heterocycles. The summed E-state index contributed by atoms with van der Waals surface area (Å²) < 4.78 is 0. The summed E-state index contributed by atoms with van der Waals surface area (Å²) >= 11 is 0. The molecule has 2 unspecified atom stereocenters. The second-order valence-electron chi connectivity index (χ2n) is 7.17. The molecule has 4 rings (SSSR count). The van der Waals surface area contributed by atoms with Crippen molar-refractivity contribution in [2.75, 3.05) is 13.1 Å². The lowest BCUT2D eigenvalue weighted by molar-refractivity contribution is 0.0310. The van der Waals surface area contributed by atoms with Crippen LogP contribution in [0.2, 0.25) is 0 Å². The standard InChI is InChI=1S/C18H25NO/c20-18(10-11-19(13-18)16-8-9-16)12-15-6-3-5-14-4-1-2-7-17(14)15/h1-2,4,7,15-16,20H,3,5-6,8-13H2. The van der Waals surface area contributed by atoms with Crippen molar-refractivity contribution >= 4 is 0 Å². The molecule has 2 fully saturated rings. The third kappa shape index (κ3) is 2.40. The van der Waals surface area contributed by atoms with Crippen molar-refractivity contribution in [2.45, 2.75) is 62.5 Å². The molecule has 1 N–H and O–H groups in total. The van der Waals surface area contributed by atoms with Gasteiger partial charge in [0.15, 0.2) is 0 Å². The molecule has 0 aromatic heterocycles. The topological polar surface area (TPSA) is 23.5 Å². The van der Waals surface area contributed by atoms with Gasteiger partial charge >= 0.3 is 0 Å². The minimum Gasteiger partial charge on any atom is -0.388 e. The molecular weight excluding hydrogens is 246 g/mol. The van der Waals surface area contributed by atoms with E-state index in [9.17, 15) is 5.11 Å². The van der Waals surface area contributed by atoms with Crippen LogP contribution in [0, 0.1) is 0 Å². The van der Waals surface area contributed by atoms with Crippen molar-refractivity contribution in [1.29, 1.82) is 0 Å². The number of β-amino-alcohol motifs (C(OH)–C–C–N with tert-alkyl or cyclic N) is 1. The van der Waals surface area contributed by atoms with Crippen LogP contribution in [0.4, 0.5) is 0 Å². The van der Waals surface area contributed by atoms with Crippen LogP contribution in [0.5, 0.6) is 0 Å². The van der Waals surface area contributed by atoms with Crippen LogP contribution in [-0.4, -0.2) is 34.7 Å². The highest BCUT2D eigenvalue weighted by Crippen LogP contribution is 2.41. The monoisotopic (exact) mass is 271 g/mol. The maximum absolute atomic E-state index is 11.0. The Kier molecular flexibility index (Phi) is 3.12. The van der Waals surface area contributed by atoms with E-state index in [1.54, 1.807) is 0 Å². The van der Waals surface area contributed by atoms with Crippen LogP contribution in [0.1, 0.15) is 55.6 Å². The molecule has 108 valence electrons. The Morgan fingerprint density at radius 2 is 2.05 bits per heavy atom. The van der Waals surface area contributed by atoms with Crippen LogP contribution >= 0.6 is 0 Å². The molecule has 1 aromatic rings. The molecule has 0 radical (unpaired) electrons. The van der Waals surface area contributed by atoms with Crippen LogP contribution < -0.4 is 0 Å². The molecule has 2 nitrogen and oxygen atoms in total. The van der Waals surface area contributed by atoms with E-state index in [1.165, 1.54) is 43.2 Å². The third-order valence-electron chi connectivity index (χ3n) is 5.55. The molecule has 0 bridgehead atoms. The van der Waals surface area contributed by atoms with E-state index in [4.69, 9.17) is 0 Å². The summed E-state index contributed by atoms with van der Waals surface area (Å²) in [7, 11) is 0. The van der Waals surface area contributed by atoms with Crippen LogP contribution in [-0.2, 0) is 6.42 Å². The van der Waals surface area contributed by atoms with E-state index in [2.05, 4.69) is 29.2 Å². The van der Waals surface area contributed by atoms with E-state index < -0.39 is 5.60 Å². The molecule has 0 amide bonds. The summed E-state index contributed by atoms with van der Waals surface area (Å²) in [6.07, 6.45) is 8.40. The minimum atomic E-state index is -0.433. The van der Waals surface area contributed by atoms with Gasteiger partial charge in [0.1, 0.15) is 0 Å². The first kappa shape index (κ1) is 12.8. The van der Waals surface area contributed by atoms with E-state index in [1.807, 2.05) is 0 Å². The minimum absolute atomic E-state index is 0.433. The molecule has 1 aromatic carbocycles. The maximum atomic E-state index is 11.0. The molecule has 20 heavy (non-hydrogen) atoms. The quantitative estimate of drug-likeness (QED) is 0.913. The van der Waals surface area contributed by atoms with E-state index >= 15 is 0 Å². The first-order valence-corrected chi connectivity index (χ1v) is 8.28. The summed E-state index contributed by atoms with van der Waals surface area (Å²) in [4.78, 5) is 2.52. The first-order valence-electron chi connectivity index (χ1n) is 8.28. The summed E-state index contributed by atoms with van der Waals surface area (Å²) in [5, 5.41) is 11.0. The zero-order valence-electron chi connectivity index (χ0n) is 12.2. The third-order valence-corrected chi connectivity index (χ3v) is 5.55. The summed E-state index contributed by atoms with van der Waals surface area (Å²) in [5.41, 5.74) is 2.60. The summed E-state index contributed by atoms with van der Waals surface area (Å²) in [6, 6.07) is 9.67. The smallest absolute Gasteiger partial charge is 0.0792 e. The van der Waals surface area contributed by atoms with Gasteiger partial charge in [0.05, 0.1) is 5.60 Å². The summed E-state index contributed by atoms with van der Waals surface area (Å²) in [6.45, 7) is 2.02. The molecule has 1 saturated heterocycles. The predicted octanol–water partition coefficient (Wildman–Crippen LogP) is 3.10. The van der Waals surface area contributed by atoms with Crippen molar-refractivity contribution in [3.05, 3.63) is 35.4 Å². The SMILES string of the molecule is OC1(CC2CCCc3ccccc32)CCN(C2CC2)C1. The number of rotatable bonds is 3. The maximum Gasteiger partial charge on any atom is 0.0792 e. The number of aliphatic hydroxyl groups is 1. The Morgan fingerprint density at radius 1 is 1.20 bits per heavy atom. The Balaban J connectivity index is 1.49. The van der Waals surface area contributed by atoms with E-state index in [-0.39, 0.29) is 0 Å². The molecular formula is C18H25NO. The van der Waals surface area contributed by atoms with E-state index in [0.717, 1.165) is 32.0 Å². The summed E-state index contributed by atoms with van der Waals surface area (Å²) in [5.74, 6) is 0.573. The van der Waals surface area contributed by atoms with Crippen molar-refractivity contribution in [3.8, 4) is 0 Å². The Bertz CT molecular complexity index is 496. The normalized spacial score (nSPS) is 34.1. The second-order valence-corrected chi connectivity index (χ2v) is 7.17. The molecule has 0 spiro atoms. The first-order chi connectivity index (χ1) is 9.73. The number of hydrogen-bond donors (Lipinski definition) is 1. The Morgan fingerprint density at radius 3 is 2.90 bits per heavy atom. The lowest BCUT2D eigenvalue weighted by Crippen LogP contribution is -2.36. The van der Waals surface area contributed by atoms with Gasteiger partial charge in [-0.2, -0.15) is 0 Å².